The molecule has 34 heavy (non-hydrogen) atoms. The second-order valence-electron chi connectivity index (χ2n) is 9.42. The van der Waals surface area contributed by atoms with E-state index in [-0.39, 0.29) is 11.8 Å². The molecule has 5 nitrogen and oxygen atoms in total. The van der Waals surface area contributed by atoms with Crippen LogP contribution >= 0.6 is 0 Å². The van der Waals surface area contributed by atoms with Gasteiger partial charge in [-0.2, -0.15) is 0 Å². The van der Waals surface area contributed by atoms with Crippen molar-refractivity contribution in [3.63, 3.8) is 0 Å². The van der Waals surface area contributed by atoms with E-state index < -0.39 is 0 Å². The number of benzene rings is 3. The highest BCUT2D eigenvalue weighted by Gasteiger charge is 2.36. The highest BCUT2D eigenvalue weighted by atomic mass is 16.5. The first-order valence-electron chi connectivity index (χ1n) is 11.9. The fraction of sp³-hybridized carbons (Fsp3) is 0.310. The summed E-state index contributed by atoms with van der Waals surface area (Å²) in [6, 6.07) is 20.6. The zero-order chi connectivity index (χ0) is 23.8. The van der Waals surface area contributed by atoms with Crippen LogP contribution in [0.25, 0.3) is 11.0 Å². The van der Waals surface area contributed by atoms with Crippen molar-refractivity contribution < 1.29 is 9.53 Å². The van der Waals surface area contributed by atoms with E-state index in [4.69, 9.17) is 9.72 Å². The summed E-state index contributed by atoms with van der Waals surface area (Å²) in [6.45, 7) is 10.2. The normalized spacial score (nSPS) is 15.9. The molecule has 1 amide bonds. The van der Waals surface area contributed by atoms with E-state index in [0.29, 0.717) is 26.1 Å². The molecule has 4 aromatic rings. The van der Waals surface area contributed by atoms with Crippen molar-refractivity contribution >= 4 is 22.6 Å². The van der Waals surface area contributed by atoms with Crippen molar-refractivity contribution in [1.82, 2.24) is 9.55 Å². The number of imidazole rings is 1. The van der Waals surface area contributed by atoms with E-state index in [0.717, 1.165) is 39.4 Å². The minimum absolute atomic E-state index is 0.0411. The third-order valence-corrected chi connectivity index (χ3v) is 6.68. The van der Waals surface area contributed by atoms with Crippen LogP contribution in [-0.2, 0) is 11.3 Å². The number of rotatable bonds is 6. The van der Waals surface area contributed by atoms with Crippen molar-refractivity contribution in [2.45, 2.75) is 46.6 Å². The van der Waals surface area contributed by atoms with Crippen molar-refractivity contribution in [3.8, 4) is 5.75 Å². The summed E-state index contributed by atoms with van der Waals surface area (Å²) < 4.78 is 8.27. The molecule has 3 aromatic carbocycles. The van der Waals surface area contributed by atoms with Gasteiger partial charge in [0.2, 0.25) is 5.91 Å². The maximum Gasteiger partial charge on any atom is 0.227 e. The number of ether oxygens (including phenoxy) is 1. The molecule has 1 atom stereocenters. The molecule has 1 aliphatic heterocycles. The summed E-state index contributed by atoms with van der Waals surface area (Å²) in [4.78, 5) is 20.1. The molecular weight excluding hydrogens is 422 g/mol. The van der Waals surface area contributed by atoms with E-state index in [1.807, 2.05) is 35.2 Å². The van der Waals surface area contributed by atoms with E-state index in [2.05, 4.69) is 62.6 Å². The van der Waals surface area contributed by atoms with Crippen molar-refractivity contribution in [3.05, 3.63) is 88.7 Å². The second-order valence-corrected chi connectivity index (χ2v) is 9.42. The zero-order valence-electron chi connectivity index (χ0n) is 20.3. The van der Waals surface area contributed by atoms with Crippen LogP contribution in [0.15, 0.2) is 60.7 Å². The minimum Gasteiger partial charge on any atom is -0.492 e. The molecule has 174 valence electrons. The standard InChI is InChI=1S/C29H31N3O2/c1-19-9-11-24(12-10-19)34-14-13-31-26-8-6-5-7-25(26)30-29(31)23-17-27(33)32(18-23)28-21(3)15-20(2)16-22(28)4/h5-12,15-16,23H,13-14,17-18H2,1-4H3/t23-/m0/s1. The molecule has 1 fully saturated rings. The van der Waals surface area contributed by atoms with E-state index in [9.17, 15) is 4.79 Å². The van der Waals surface area contributed by atoms with Gasteiger partial charge in [0.15, 0.2) is 0 Å². The van der Waals surface area contributed by atoms with Crippen LogP contribution in [0.4, 0.5) is 5.69 Å². The fourth-order valence-electron chi connectivity index (χ4n) is 5.22. The van der Waals surface area contributed by atoms with Gasteiger partial charge in [-0.1, -0.05) is 47.5 Å². The van der Waals surface area contributed by atoms with Crippen LogP contribution in [-0.4, -0.2) is 28.6 Å². The number of hydrogen-bond donors (Lipinski definition) is 0. The molecule has 0 radical (unpaired) electrons. The molecule has 1 aliphatic rings. The summed E-state index contributed by atoms with van der Waals surface area (Å²) in [5, 5.41) is 0. The Morgan fingerprint density at radius 3 is 2.38 bits per heavy atom. The predicted molar refractivity (Wildman–Crippen MR) is 137 cm³/mol. The number of anilines is 1. The molecule has 1 aromatic heterocycles. The number of aryl methyl sites for hydroxylation is 4. The van der Waals surface area contributed by atoms with Gasteiger partial charge in [-0.25, -0.2) is 4.98 Å². The third-order valence-electron chi connectivity index (χ3n) is 6.68. The molecule has 0 unspecified atom stereocenters. The van der Waals surface area contributed by atoms with Gasteiger partial charge in [0, 0.05) is 24.6 Å². The number of hydrogen-bond acceptors (Lipinski definition) is 3. The Morgan fingerprint density at radius 1 is 0.941 bits per heavy atom. The van der Waals surface area contributed by atoms with Gasteiger partial charge in [0.25, 0.3) is 0 Å². The maximum atomic E-state index is 13.2. The Hall–Kier alpha value is -3.60. The van der Waals surface area contributed by atoms with E-state index in [1.165, 1.54) is 11.1 Å². The molecule has 2 heterocycles. The number of para-hydroxylation sites is 2. The minimum atomic E-state index is 0.0411. The summed E-state index contributed by atoms with van der Waals surface area (Å²) in [5.74, 6) is 2.03. The lowest BCUT2D eigenvalue weighted by Gasteiger charge is -2.22. The molecule has 0 spiro atoms. The van der Waals surface area contributed by atoms with Gasteiger partial charge < -0.3 is 14.2 Å². The average molecular weight is 454 g/mol. The van der Waals surface area contributed by atoms with Crippen LogP contribution in [0.5, 0.6) is 5.75 Å². The van der Waals surface area contributed by atoms with E-state index >= 15 is 0 Å². The number of carbonyl (C=O) groups is 1. The monoisotopic (exact) mass is 453 g/mol. The summed E-state index contributed by atoms with van der Waals surface area (Å²) >= 11 is 0. The number of aromatic nitrogens is 2. The molecule has 0 saturated carbocycles. The molecule has 5 rings (SSSR count). The fourth-order valence-corrected chi connectivity index (χ4v) is 5.22. The van der Waals surface area contributed by atoms with Gasteiger partial charge in [-0.3, -0.25) is 4.79 Å². The first-order chi connectivity index (χ1) is 16.4. The van der Waals surface area contributed by atoms with Gasteiger partial charge in [0.1, 0.15) is 18.2 Å². The summed E-state index contributed by atoms with van der Waals surface area (Å²) in [7, 11) is 0. The molecular formula is C29H31N3O2. The Balaban J connectivity index is 1.42. The predicted octanol–water partition coefficient (Wildman–Crippen LogP) is 5.87. The molecule has 5 heteroatoms. The number of amides is 1. The van der Waals surface area contributed by atoms with Crippen LogP contribution in [0, 0.1) is 27.7 Å². The largest absolute Gasteiger partial charge is 0.492 e. The molecule has 0 bridgehead atoms. The zero-order valence-corrected chi connectivity index (χ0v) is 20.3. The van der Waals surface area contributed by atoms with E-state index in [1.54, 1.807) is 0 Å². The smallest absolute Gasteiger partial charge is 0.227 e. The van der Waals surface area contributed by atoms with Crippen molar-refractivity contribution in [1.29, 1.82) is 0 Å². The SMILES string of the molecule is Cc1ccc(OCCn2c([C@H]3CC(=O)N(c4c(C)cc(C)cc4C)C3)nc3ccccc32)cc1. The van der Waals surface area contributed by atoms with Crippen LogP contribution in [0.3, 0.4) is 0 Å². The Morgan fingerprint density at radius 2 is 1.65 bits per heavy atom. The number of fused-ring (bicyclic) bond motifs is 1. The third kappa shape index (κ3) is 4.18. The van der Waals surface area contributed by atoms with Crippen molar-refractivity contribution in [2.75, 3.05) is 18.1 Å². The summed E-state index contributed by atoms with van der Waals surface area (Å²) in [6.07, 6.45) is 0.467. The van der Waals surface area contributed by atoms with Gasteiger partial charge in [-0.15, -0.1) is 0 Å². The molecule has 0 N–H and O–H groups in total. The maximum absolute atomic E-state index is 13.2. The van der Waals surface area contributed by atoms with Crippen molar-refractivity contribution in [2.24, 2.45) is 0 Å². The topological polar surface area (TPSA) is 47.4 Å². The van der Waals surface area contributed by atoms with Gasteiger partial charge in [0.05, 0.1) is 17.6 Å². The molecule has 1 saturated heterocycles. The quantitative estimate of drug-likeness (QED) is 0.367. The highest BCUT2D eigenvalue weighted by Crippen LogP contribution is 2.36. The average Bonchev–Trinajstić information content (AvgIpc) is 3.35. The van der Waals surface area contributed by atoms with Crippen LogP contribution < -0.4 is 9.64 Å². The first kappa shape index (κ1) is 22.2. The lowest BCUT2D eigenvalue weighted by atomic mass is 10.0. The summed E-state index contributed by atoms with van der Waals surface area (Å²) in [5.41, 5.74) is 7.81. The Bertz CT molecular complexity index is 1330. The lowest BCUT2D eigenvalue weighted by Crippen LogP contribution is -2.26. The van der Waals surface area contributed by atoms with Crippen LogP contribution in [0.2, 0.25) is 0 Å². The number of nitrogens with zero attached hydrogens (tertiary/aromatic N) is 3. The lowest BCUT2D eigenvalue weighted by molar-refractivity contribution is -0.117. The molecule has 0 aliphatic carbocycles. The Labute approximate surface area is 201 Å². The van der Waals surface area contributed by atoms with Crippen LogP contribution in [0.1, 0.15) is 40.4 Å². The first-order valence-corrected chi connectivity index (χ1v) is 11.9. The highest BCUT2D eigenvalue weighted by molar-refractivity contribution is 5.98. The van der Waals surface area contributed by atoms with Gasteiger partial charge in [-0.05, 0) is 63.1 Å². The van der Waals surface area contributed by atoms with Gasteiger partial charge >= 0.3 is 0 Å². The Kier molecular flexibility index (Phi) is 5.86. The number of carbonyl (C=O) groups excluding carboxylic acids is 1. The second kappa shape index (κ2) is 8.98.